The van der Waals surface area contributed by atoms with Crippen molar-refractivity contribution in [3.63, 3.8) is 0 Å². The van der Waals surface area contributed by atoms with Crippen LogP contribution in [0.4, 0.5) is 13.2 Å². The van der Waals surface area contributed by atoms with Crippen LogP contribution in [-0.4, -0.2) is 16.1 Å². The first-order valence-electron chi connectivity index (χ1n) is 6.17. The molecule has 112 valence electrons. The van der Waals surface area contributed by atoms with E-state index in [1.54, 1.807) is 0 Å². The topological polar surface area (TPSA) is 63.3 Å². The Labute approximate surface area is 121 Å². The molecule has 0 aliphatic rings. The van der Waals surface area contributed by atoms with Gasteiger partial charge in [-0.1, -0.05) is 12.1 Å². The zero-order valence-corrected chi connectivity index (χ0v) is 10.9. The molecule has 0 aliphatic carbocycles. The van der Waals surface area contributed by atoms with Crippen molar-refractivity contribution < 1.29 is 27.5 Å². The van der Waals surface area contributed by atoms with E-state index in [0.29, 0.717) is 0 Å². The van der Waals surface area contributed by atoms with Crippen molar-refractivity contribution in [2.75, 3.05) is 0 Å². The minimum Gasteiger partial charge on any atom is -0.478 e. The summed E-state index contributed by atoms with van der Waals surface area (Å²) in [5.41, 5.74) is -0.664. The first kappa shape index (κ1) is 14.1. The standard InChI is InChI=1S/C15H8F3NO3/c16-15(17,18)10-4-2-1-3-9(10)13-19-11-7-8(14(20)21)5-6-12(11)22-13/h1-7H,(H,20,21). The number of nitrogens with zero attached hydrogens (tertiary/aromatic N) is 1. The molecule has 0 atom stereocenters. The molecule has 22 heavy (non-hydrogen) atoms. The summed E-state index contributed by atoms with van der Waals surface area (Å²) in [4.78, 5) is 14.9. The van der Waals surface area contributed by atoms with Crippen LogP contribution in [0.25, 0.3) is 22.6 Å². The van der Waals surface area contributed by atoms with Crippen LogP contribution in [0, 0.1) is 0 Å². The maximum absolute atomic E-state index is 13.0. The molecule has 0 amide bonds. The fraction of sp³-hybridized carbons (Fsp3) is 0.0667. The molecular weight excluding hydrogens is 299 g/mol. The maximum atomic E-state index is 13.0. The number of halogens is 3. The quantitative estimate of drug-likeness (QED) is 0.770. The molecule has 3 aromatic rings. The SMILES string of the molecule is O=C(O)c1ccc2oc(-c3ccccc3C(F)(F)F)nc2c1. The molecule has 3 rings (SSSR count). The Balaban J connectivity index is 2.18. The minimum absolute atomic E-state index is 0.0172. The highest BCUT2D eigenvalue weighted by Gasteiger charge is 2.34. The molecule has 0 saturated heterocycles. The van der Waals surface area contributed by atoms with Gasteiger partial charge in [-0.05, 0) is 30.3 Å². The van der Waals surface area contributed by atoms with Crippen LogP contribution >= 0.6 is 0 Å². The normalized spacial score (nSPS) is 11.8. The Morgan fingerprint density at radius 3 is 2.55 bits per heavy atom. The number of carboxylic acid groups (broad SMARTS) is 1. The molecule has 1 aromatic heterocycles. The molecule has 1 N–H and O–H groups in total. The van der Waals surface area contributed by atoms with Crippen molar-refractivity contribution >= 4 is 17.1 Å². The Morgan fingerprint density at radius 1 is 1.14 bits per heavy atom. The predicted octanol–water partition coefficient (Wildman–Crippen LogP) is 4.21. The summed E-state index contributed by atoms with van der Waals surface area (Å²) >= 11 is 0. The number of fused-ring (bicyclic) bond motifs is 1. The first-order valence-corrected chi connectivity index (χ1v) is 6.17. The Morgan fingerprint density at radius 2 is 1.86 bits per heavy atom. The number of aromatic nitrogens is 1. The second-order valence-electron chi connectivity index (χ2n) is 4.55. The minimum atomic E-state index is -4.54. The highest BCUT2D eigenvalue weighted by molar-refractivity contribution is 5.92. The molecule has 7 heteroatoms. The van der Waals surface area contributed by atoms with Crippen LogP contribution in [-0.2, 0) is 6.18 Å². The van der Waals surface area contributed by atoms with Gasteiger partial charge >= 0.3 is 12.1 Å². The third-order valence-electron chi connectivity index (χ3n) is 3.10. The van der Waals surface area contributed by atoms with E-state index < -0.39 is 17.7 Å². The third-order valence-corrected chi connectivity index (χ3v) is 3.10. The highest BCUT2D eigenvalue weighted by atomic mass is 19.4. The van der Waals surface area contributed by atoms with E-state index in [-0.39, 0.29) is 28.1 Å². The van der Waals surface area contributed by atoms with Gasteiger partial charge in [0.15, 0.2) is 5.58 Å². The van der Waals surface area contributed by atoms with Gasteiger partial charge < -0.3 is 9.52 Å². The van der Waals surface area contributed by atoms with Crippen LogP contribution < -0.4 is 0 Å². The number of aromatic carboxylic acids is 1. The van der Waals surface area contributed by atoms with Crippen molar-refractivity contribution in [3.05, 3.63) is 53.6 Å². The van der Waals surface area contributed by atoms with Gasteiger partial charge in [-0.25, -0.2) is 9.78 Å². The lowest BCUT2D eigenvalue weighted by Gasteiger charge is -2.09. The van der Waals surface area contributed by atoms with Crippen LogP contribution in [0.1, 0.15) is 15.9 Å². The van der Waals surface area contributed by atoms with Gasteiger partial charge in [0.25, 0.3) is 0 Å². The lowest BCUT2D eigenvalue weighted by atomic mass is 10.1. The fourth-order valence-electron chi connectivity index (χ4n) is 2.09. The maximum Gasteiger partial charge on any atom is 0.417 e. The van der Waals surface area contributed by atoms with E-state index in [1.807, 2.05) is 0 Å². The van der Waals surface area contributed by atoms with Gasteiger partial charge in [-0.3, -0.25) is 0 Å². The summed E-state index contributed by atoms with van der Waals surface area (Å²) < 4.78 is 44.4. The van der Waals surface area contributed by atoms with E-state index in [2.05, 4.69) is 4.98 Å². The molecule has 0 fully saturated rings. The van der Waals surface area contributed by atoms with Gasteiger partial charge in [0, 0.05) is 5.56 Å². The molecule has 0 spiro atoms. The monoisotopic (exact) mass is 307 g/mol. The van der Waals surface area contributed by atoms with E-state index in [9.17, 15) is 18.0 Å². The number of carbonyl (C=O) groups is 1. The fourth-order valence-corrected chi connectivity index (χ4v) is 2.09. The van der Waals surface area contributed by atoms with Gasteiger partial charge in [0.1, 0.15) is 5.52 Å². The summed E-state index contributed by atoms with van der Waals surface area (Å²) in [7, 11) is 0. The lowest BCUT2D eigenvalue weighted by molar-refractivity contribution is -0.137. The second kappa shape index (κ2) is 4.87. The Hall–Kier alpha value is -2.83. The zero-order valence-electron chi connectivity index (χ0n) is 10.9. The van der Waals surface area contributed by atoms with Gasteiger partial charge in [-0.15, -0.1) is 0 Å². The van der Waals surface area contributed by atoms with E-state index in [0.717, 1.165) is 6.07 Å². The molecule has 0 aliphatic heterocycles. The predicted molar refractivity (Wildman–Crippen MR) is 71.4 cm³/mol. The lowest BCUT2D eigenvalue weighted by Crippen LogP contribution is -2.06. The van der Waals surface area contributed by atoms with E-state index >= 15 is 0 Å². The summed E-state index contributed by atoms with van der Waals surface area (Å²) in [5.74, 6) is -1.35. The molecule has 0 saturated carbocycles. The van der Waals surface area contributed by atoms with Crippen molar-refractivity contribution in [3.8, 4) is 11.5 Å². The van der Waals surface area contributed by atoms with Gasteiger partial charge in [0.2, 0.25) is 5.89 Å². The summed E-state index contributed by atoms with van der Waals surface area (Å²) in [6, 6.07) is 8.83. The van der Waals surface area contributed by atoms with Crippen molar-refractivity contribution in [1.82, 2.24) is 4.98 Å². The number of benzene rings is 2. The van der Waals surface area contributed by atoms with Crippen LogP contribution in [0.5, 0.6) is 0 Å². The molecule has 0 bridgehead atoms. The largest absolute Gasteiger partial charge is 0.478 e. The highest BCUT2D eigenvalue weighted by Crippen LogP contribution is 2.37. The molecular formula is C15H8F3NO3. The summed E-state index contributed by atoms with van der Waals surface area (Å²) in [5, 5.41) is 8.91. The average molecular weight is 307 g/mol. The van der Waals surface area contributed by atoms with E-state index in [4.69, 9.17) is 9.52 Å². The van der Waals surface area contributed by atoms with Gasteiger partial charge in [0.05, 0.1) is 11.1 Å². The smallest absolute Gasteiger partial charge is 0.417 e. The summed E-state index contributed by atoms with van der Waals surface area (Å²) in [6.07, 6.45) is -4.54. The molecule has 4 nitrogen and oxygen atoms in total. The number of carboxylic acids is 1. The summed E-state index contributed by atoms with van der Waals surface area (Å²) in [6.45, 7) is 0. The average Bonchev–Trinajstić information content (AvgIpc) is 2.89. The Bertz CT molecular complexity index is 868. The third kappa shape index (κ3) is 2.41. The van der Waals surface area contributed by atoms with Crippen molar-refractivity contribution in [1.29, 1.82) is 0 Å². The van der Waals surface area contributed by atoms with Crippen LogP contribution in [0.2, 0.25) is 0 Å². The van der Waals surface area contributed by atoms with Crippen molar-refractivity contribution in [2.45, 2.75) is 6.18 Å². The van der Waals surface area contributed by atoms with E-state index in [1.165, 1.54) is 36.4 Å². The zero-order chi connectivity index (χ0) is 15.9. The molecule has 2 aromatic carbocycles. The van der Waals surface area contributed by atoms with Gasteiger partial charge in [-0.2, -0.15) is 13.2 Å². The molecule has 0 radical (unpaired) electrons. The number of hydrogen-bond acceptors (Lipinski definition) is 3. The Kier molecular flexibility index (Phi) is 3.13. The molecule has 1 heterocycles. The number of alkyl halides is 3. The van der Waals surface area contributed by atoms with Crippen LogP contribution in [0.15, 0.2) is 46.9 Å². The second-order valence-corrected chi connectivity index (χ2v) is 4.55. The first-order chi connectivity index (χ1) is 10.4. The van der Waals surface area contributed by atoms with Crippen molar-refractivity contribution in [2.24, 2.45) is 0 Å². The number of oxazole rings is 1. The number of hydrogen-bond donors (Lipinski definition) is 1. The number of rotatable bonds is 2. The molecule has 0 unspecified atom stereocenters. The van der Waals surface area contributed by atoms with Crippen LogP contribution in [0.3, 0.4) is 0 Å².